The van der Waals surface area contributed by atoms with Crippen LogP contribution in [0.1, 0.15) is 38.0 Å². The van der Waals surface area contributed by atoms with Gasteiger partial charge in [0.1, 0.15) is 5.82 Å². The topological polar surface area (TPSA) is 80.0 Å². The van der Waals surface area contributed by atoms with E-state index in [9.17, 15) is 9.18 Å². The minimum atomic E-state index is -0.303. The molecule has 26 heavy (non-hydrogen) atoms. The summed E-state index contributed by atoms with van der Waals surface area (Å²) in [5.41, 5.74) is 0.705. The van der Waals surface area contributed by atoms with Crippen LogP contribution < -0.4 is 10.6 Å². The quantitative estimate of drug-likeness (QED) is 0.757. The summed E-state index contributed by atoms with van der Waals surface area (Å²) in [5, 5.41) is 10.3. The van der Waals surface area contributed by atoms with Crippen molar-refractivity contribution in [2.24, 2.45) is 5.92 Å². The Morgan fingerprint density at radius 3 is 2.96 bits per heavy atom. The Bertz CT molecular complexity index is 696. The Balaban J connectivity index is 1.34. The van der Waals surface area contributed by atoms with Crippen molar-refractivity contribution >= 4 is 5.91 Å². The van der Waals surface area contributed by atoms with Crippen LogP contribution in [0.15, 0.2) is 28.8 Å². The highest BCUT2D eigenvalue weighted by Gasteiger charge is 2.13. The molecule has 0 bridgehead atoms. The van der Waals surface area contributed by atoms with Gasteiger partial charge in [0.05, 0.1) is 0 Å². The van der Waals surface area contributed by atoms with E-state index >= 15 is 0 Å². The summed E-state index contributed by atoms with van der Waals surface area (Å²) in [4.78, 5) is 16.2. The number of carbonyl (C=O) groups excluding carboxylic acids is 1. The lowest BCUT2D eigenvalue weighted by atomic mass is 9.96. The number of aryl methyl sites for hydroxylation is 1. The van der Waals surface area contributed by atoms with Gasteiger partial charge in [0.2, 0.25) is 17.6 Å². The Hall–Kier alpha value is -2.28. The number of hydrogen-bond acceptors (Lipinski definition) is 5. The average molecular weight is 360 g/mol. The number of halogens is 1. The largest absolute Gasteiger partial charge is 0.356 e. The predicted molar refractivity (Wildman–Crippen MR) is 95.9 cm³/mol. The fraction of sp³-hybridized carbons (Fsp3) is 0.526. The van der Waals surface area contributed by atoms with E-state index in [4.69, 9.17) is 4.52 Å². The number of benzene rings is 1. The smallest absolute Gasteiger partial charge is 0.226 e. The first-order valence-electron chi connectivity index (χ1n) is 9.26. The van der Waals surface area contributed by atoms with E-state index in [1.807, 2.05) is 0 Å². The molecule has 2 heterocycles. The van der Waals surface area contributed by atoms with Gasteiger partial charge in [0.25, 0.3) is 0 Å². The monoisotopic (exact) mass is 360 g/mol. The first-order chi connectivity index (χ1) is 12.7. The molecule has 0 saturated carbocycles. The summed E-state index contributed by atoms with van der Waals surface area (Å²) >= 11 is 0. The number of carbonyl (C=O) groups is 1. The van der Waals surface area contributed by atoms with Gasteiger partial charge in [-0.25, -0.2) is 4.39 Å². The van der Waals surface area contributed by atoms with Gasteiger partial charge in [-0.2, -0.15) is 4.98 Å². The van der Waals surface area contributed by atoms with Crippen LogP contribution in [0.3, 0.4) is 0 Å². The van der Waals surface area contributed by atoms with Crippen molar-refractivity contribution in [2.75, 3.05) is 19.6 Å². The number of rotatable bonds is 8. The molecule has 6 nitrogen and oxygen atoms in total. The highest BCUT2D eigenvalue weighted by atomic mass is 19.1. The second-order valence-corrected chi connectivity index (χ2v) is 6.72. The summed E-state index contributed by atoms with van der Waals surface area (Å²) in [6, 6.07) is 5.94. The van der Waals surface area contributed by atoms with E-state index in [-0.39, 0.29) is 11.7 Å². The van der Waals surface area contributed by atoms with Crippen LogP contribution in [0.25, 0.3) is 11.4 Å². The van der Waals surface area contributed by atoms with Crippen LogP contribution in [0.4, 0.5) is 4.39 Å². The molecule has 1 fully saturated rings. The van der Waals surface area contributed by atoms with Crippen molar-refractivity contribution in [3.8, 4) is 11.4 Å². The lowest BCUT2D eigenvalue weighted by molar-refractivity contribution is -0.121. The molecule has 0 radical (unpaired) electrons. The number of piperidine rings is 1. The zero-order valence-corrected chi connectivity index (χ0v) is 14.8. The van der Waals surface area contributed by atoms with Crippen molar-refractivity contribution in [1.29, 1.82) is 0 Å². The molecule has 2 aromatic rings. The van der Waals surface area contributed by atoms with Crippen molar-refractivity contribution in [3.63, 3.8) is 0 Å². The van der Waals surface area contributed by atoms with Crippen molar-refractivity contribution in [2.45, 2.75) is 38.5 Å². The molecular formula is C19H25FN4O2. The normalized spacial score (nSPS) is 17.2. The van der Waals surface area contributed by atoms with E-state index < -0.39 is 0 Å². The highest BCUT2D eigenvalue weighted by Crippen LogP contribution is 2.17. The third-order valence-corrected chi connectivity index (χ3v) is 4.64. The van der Waals surface area contributed by atoms with Gasteiger partial charge >= 0.3 is 0 Å². The minimum absolute atomic E-state index is 0.0621. The Labute approximate surface area is 152 Å². The fourth-order valence-corrected chi connectivity index (χ4v) is 3.15. The molecule has 1 unspecified atom stereocenters. The summed E-state index contributed by atoms with van der Waals surface area (Å²) < 4.78 is 18.1. The Kier molecular flexibility index (Phi) is 6.71. The van der Waals surface area contributed by atoms with Gasteiger partial charge in [0, 0.05) is 24.9 Å². The number of nitrogens with one attached hydrogen (secondary N) is 2. The zero-order chi connectivity index (χ0) is 18.2. The van der Waals surface area contributed by atoms with Gasteiger partial charge in [-0.1, -0.05) is 5.16 Å². The lowest BCUT2D eigenvalue weighted by Crippen LogP contribution is -2.33. The zero-order valence-electron chi connectivity index (χ0n) is 14.8. The van der Waals surface area contributed by atoms with Gasteiger partial charge < -0.3 is 15.2 Å². The van der Waals surface area contributed by atoms with E-state index in [1.165, 1.54) is 25.0 Å². The molecule has 0 aliphatic carbocycles. The third kappa shape index (κ3) is 5.62. The molecular weight excluding hydrogens is 335 g/mol. The second kappa shape index (κ2) is 9.43. The maximum absolute atomic E-state index is 12.9. The standard InChI is InChI=1S/C19H25FN4O2/c20-16-8-6-15(7-9-16)19-23-18(26-24-19)5-1-4-17(25)22-12-10-14-3-2-11-21-13-14/h6-9,14,21H,1-5,10-13H2,(H,22,25). The van der Waals surface area contributed by atoms with Crippen molar-refractivity contribution in [1.82, 2.24) is 20.8 Å². The molecule has 2 N–H and O–H groups in total. The first kappa shape index (κ1) is 18.5. The van der Waals surface area contributed by atoms with Gasteiger partial charge in [-0.05, 0) is 69.0 Å². The molecule has 0 spiro atoms. The highest BCUT2D eigenvalue weighted by molar-refractivity contribution is 5.75. The molecule has 1 aromatic heterocycles. The Morgan fingerprint density at radius 2 is 2.19 bits per heavy atom. The molecule has 1 amide bonds. The molecule has 1 saturated heterocycles. The van der Waals surface area contributed by atoms with Crippen LogP contribution in [0.2, 0.25) is 0 Å². The number of nitrogens with zero attached hydrogens (tertiary/aromatic N) is 2. The minimum Gasteiger partial charge on any atom is -0.356 e. The van der Waals surface area contributed by atoms with E-state index in [0.717, 1.165) is 26.1 Å². The van der Waals surface area contributed by atoms with Crippen LogP contribution >= 0.6 is 0 Å². The fourth-order valence-electron chi connectivity index (χ4n) is 3.15. The van der Waals surface area contributed by atoms with Crippen LogP contribution in [0.5, 0.6) is 0 Å². The molecule has 1 aromatic carbocycles. The van der Waals surface area contributed by atoms with Crippen LogP contribution in [-0.2, 0) is 11.2 Å². The van der Waals surface area contributed by atoms with Gasteiger partial charge in [-0.3, -0.25) is 4.79 Å². The maximum Gasteiger partial charge on any atom is 0.226 e. The number of hydrogen-bond donors (Lipinski definition) is 2. The summed E-state index contributed by atoms with van der Waals surface area (Å²) in [5.74, 6) is 1.36. The summed E-state index contributed by atoms with van der Waals surface area (Å²) in [7, 11) is 0. The van der Waals surface area contributed by atoms with Crippen molar-refractivity contribution < 1.29 is 13.7 Å². The van der Waals surface area contributed by atoms with E-state index in [2.05, 4.69) is 20.8 Å². The molecule has 1 aliphatic heterocycles. The summed E-state index contributed by atoms with van der Waals surface area (Å²) in [6.07, 6.45) is 5.15. The van der Waals surface area contributed by atoms with E-state index in [1.54, 1.807) is 12.1 Å². The SMILES string of the molecule is O=C(CCCc1nc(-c2ccc(F)cc2)no1)NCCC1CCCNC1. The molecule has 3 rings (SSSR count). The third-order valence-electron chi connectivity index (χ3n) is 4.64. The van der Waals surface area contributed by atoms with Gasteiger partial charge in [-0.15, -0.1) is 0 Å². The molecule has 1 atom stereocenters. The predicted octanol–water partition coefficient (Wildman–Crippen LogP) is 2.70. The molecule has 1 aliphatic rings. The summed E-state index contributed by atoms with van der Waals surface area (Å²) in [6.45, 7) is 2.91. The van der Waals surface area contributed by atoms with Crippen LogP contribution in [-0.4, -0.2) is 35.7 Å². The maximum atomic E-state index is 12.9. The average Bonchev–Trinajstić information content (AvgIpc) is 3.12. The van der Waals surface area contributed by atoms with Gasteiger partial charge in [0.15, 0.2) is 0 Å². The molecule has 7 heteroatoms. The Morgan fingerprint density at radius 1 is 1.35 bits per heavy atom. The second-order valence-electron chi connectivity index (χ2n) is 6.72. The van der Waals surface area contributed by atoms with Crippen molar-refractivity contribution in [3.05, 3.63) is 36.0 Å². The van der Waals surface area contributed by atoms with E-state index in [0.29, 0.717) is 42.5 Å². The van der Waals surface area contributed by atoms with Crippen LogP contribution in [0, 0.1) is 11.7 Å². The lowest BCUT2D eigenvalue weighted by Gasteiger charge is -2.22. The number of amides is 1. The number of aromatic nitrogens is 2. The first-order valence-corrected chi connectivity index (χ1v) is 9.26. The molecule has 140 valence electrons.